The smallest absolute Gasteiger partial charge is 0.247 e. The number of carbonyl (C=O) groups excluding carboxylic acids is 1. The van der Waals surface area contributed by atoms with Crippen molar-refractivity contribution in [2.75, 3.05) is 5.32 Å². The van der Waals surface area contributed by atoms with Crippen LogP contribution in [-0.2, 0) is 11.2 Å². The molecule has 1 N–H and O–H groups in total. The number of nitrogens with one attached hydrogen (secondary N) is 1. The van der Waals surface area contributed by atoms with E-state index in [1.807, 2.05) is 31.2 Å². The van der Waals surface area contributed by atoms with Crippen LogP contribution in [0.2, 0.25) is 0 Å². The summed E-state index contributed by atoms with van der Waals surface area (Å²) in [4.78, 5) is 11.9. The summed E-state index contributed by atoms with van der Waals surface area (Å²) in [5.41, 5.74) is 1.43. The zero-order chi connectivity index (χ0) is 17.8. The number of hydrogen-bond acceptors (Lipinski definition) is 4. The van der Waals surface area contributed by atoms with Crippen LogP contribution in [-0.4, -0.2) is 16.1 Å². The second-order valence-electron chi connectivity index (χ2n) is 5.51. The van der Waals surface area contributed by atoms with Gasteiger partial charge in [0.05, 0.1) is 0 Å². The van der Waals surface area contributed by atoms with Crippen molar-refractivity contribution in [3.63, 3.8) is 0 Å². The van der Waals surface area contributed by atoms with Gasteiger partial charge in [0.25, 0.3) is 0 Å². The number of aromatic nitrogens is 2. The van der Waals surface area contributed by atoms with Crippen molar-refractivity contribution >= 4 is 11.6 Å². The lowest BCUT2D eigenvalue weighted by Gasteiger charge is -2.06. The molecule has 0 aliphatic rings. The van der Waals surface area contributed by atoms with Crippen molar-refractivity contribution in [3.8, 4) is 11.5 Å². The molecule has 5 nitrogen and oxygen atoms in total. The van der Waals surface area contributed by atoms with Gasteiger partial charge in [-0.2, -0.15) is 0 Å². The van der Waals surface area contributed by atoms with Gasteiger partial charge in [-0.3, -0.25) is 4.79 Å². The van der Waals surface area contributed by atoms with E-state index < -0.39 is 23.2 Å². The molecule has 0 aliphatic heterocycles. The third kappa shape index (κ3) is 4.06. The Kier molecular flexibility index (Phi) is 4.83. The summed E-state index contributed by atoms with van der Waals surface area (Å²) in [5, 5.41) is 10.0. The van der Waals surface area contributed by atoms with Crippen molar-refractivity contribution in [2.24, 2.45) is 0 Å². The van der Waals surface area contributed by atoms with E-state index >= 15 is 0 Å². The second-order valence-corrected chi connectivity index (χ2v) is 5.51. The molecule has 0 unspecified atom stereocenters. The number of hydrogen-bond donors (Lipinski definition) is 1. The van der Waals surface area contributed by atoms with Crippen molar-refractivity contribution in [1.29, 1.82) is 0 Å². The van der Waals surface area contributed by atoms with Crippen LogP contribution in [0.5, 0.6) is 0 Å². The molecule has 0 aliphatic carbocycles. The number of carbonyl (C=O) groups is 1. The van der Waals surface area contributed by atoms with Gasteiger partial charge in [-0.05, 0) is 31.2 Å². The van der Waals surface area contributed by atoms with Crippen LogP contribution in [0.25, 0.3) is 11.5 Å². The largest absolute Gasteiger partial charge is 0.421 e. The fraction of sp³-hybridized carbons (Fsp3) is 0.167. The first-order valence-corrected chi connectivity index (χ1v) is 7.66. The molecule has 1 aromatic heterocycles. The van der Waals surface area contributed by atoms with Crippen LogP contribution >= 0.6 is 0 Å². The number of para-hydroxylation sites is 1. The molecule has 0 fully saturated rings. The first-order valence-electron chi connectivity index (χ1n) is 7.66. The third-order valence-corrected chi connectivity index (χ3v) is 3.56. The normalized spacial score (nSPS) is 10.7. The molecular formula is C18H15F2N3O2. The van der Waals surface area contributed by atoms with Crippen LogP contribution in [0.4, 0.5) is 14.5 Å². The van der Waals surface area contributed by atoms with Gasteiger partial charge in [0.15, 0.2) is 0 Å². The molecule has 3 aromatic rings. The van der Waals surface area contributed by atoms with Gasteiger partial charge in [0, 0.05) is 18.4 Å². The SMILES string of the molecule is Cc1ccc(-c2nnc(CCC(=O)Nc3c(F)cccc3F)o2)cc1. The van der Waals surface area contributed by atoms with Gasteiger partial charge in [-0.25, -0.2) is 8.78 Å². The van der Waals surface area contributed by atoms with Crippen molar-refractivity contribution in [1.82, 2.24) is 10.2 Å². The quantitative estimate of drug-likeness (QED) is 0.763. The molecule has 2 aromatic carbocycles. The average molecular weight is 343 g/mol. The lowest BCUT2D eigenvalue weighted by atomic mass is 10.1. The van der Waals surface area contributed by atoms with Gasteiger partial charge in [-0.15, -0.1) is 10.2 Å². The highest BCUT2D eigenvalue weighted by molar-refractivity contribution is 5.91. The molecule has 0 spiro atoms. The van der Waals surface area contributed by atoms with Gasteiger partial charge >= 0.3 is 0 Å². The molecule has 3 rings (SSSR count). The molecule has 0 radical (unpaired) electrons. The minimum atomic E-state index is -0.826. The lowest BCUT2D eigenvalue weighted by Crippen LogP contribution is -2.14. The number of rotatable bonds is 5. The summed E-state index contributed by atoms with van der Waals surface area (Å²) >= 11 is 0. The van der Waals surface area contributed by atoms with Gasteiger partial charge in [0.2, 0.25) is 17.7 Å². The van der Waals surface area contributed by atoms with E-state index in [4.69, 9.17) is 4.42 Å². The maximum atomic E-state index is 13.5. The summed E-state index contributed by atoms with van der Waals surface area (Å²) in [7, 11) is 0. The number of amides is 1. The fourth-order valence-electron chi connectivity index (χ4n) is 2.21. The number of anilines is 1. The van der Waals surface area contributed by atoms with E-state index in [0.29, 0.717) is 5.89 Å². The first-order chi connectivity index (χ1) is 12.0. The number of nitrogens with zero attached hydrogens (tertiary/aromatic N) is 2. The van der Waals surface area contributed by atoms with Gasteiger partial charge in [-0.1, -0.05) is 23.8 Å². The molecule has 0 bridgehead atoms. The first kappa shape index (κ1) is 16.8. The Balaban J connectivity index is 1.60. The van der Waals surface area contributed by atoms with Crippen molar-refractivity contribution in [2.45, 2.75) is 19.8 Å². The van der Waals surface area contributed by atoms with E-state index in [9.17, 15) is 13.6 Å². The minimum Gasteiger partial charge on any atom is -0.421 e. The molecule has 1 heterocycles. The summed E-state index contributed by atoms with van der Waals surface area (Å²) in [6.45, 7) is 1.97. The fourth-order valence-corrected chi connectivity index (χ4v) is 2.21. The summed E-state index contributed by atoms with van der Waals surface area (Å²) in [6.07, 6.45) is 0.129. The van der Waals surface area contributed by atoms with Crippen LogP contribution in [0.15, 0.2) is 46.9 Å². The van der Waals surface area contributed by atoms with Crippen LogP contribution in [0, 0.1) is 18.6 Å². The van der Waals surface area contributed by atoms with Gasteiger partial charge < -0.3 is 9.73 Å². The summed E-state index contributed by atoms with van der Waals surface area (Å²) in [5.74, 6) is -1.56. The van der Waals surface area contributed by atoms with Crippen LogP contribution in [0.1, 0.15) is 17.9 Å². The Labute approximate surface area is 142 Å². The van der Waals surface area contributed by atoms with E-state index in [2.05, 4.69) is 15.5 Å². The summed E-state index contributed by atoms with van der Waals surface area (Å²) in [6, 6.07) is 11.0. The Bertz CT molecular complexity index is 871. The molecule has 1 amide bonds. The standard InChI is InChI=1S/C18H15F2N3O2/c1-11-5-7-12(8-6-11)18-23-22-16(25-18)10-9-15(24)21-17-13(19)3-2-4-14(17)20/h2-8H,9-10H2,1H3,(H,21,24). The molecule has 0 saturated heterocycles. The Morgan fingerprint density at radius 1 is 1.08 bits per heavy atom. The monoisotopic (exact) mass is 343 g/mol. The van der Waals surface area contributed by atoms with Crippen LogP contribution < -0.4 is 5.32 Å². The Morgan fingerprint density at radius 2 is 1.76 bits per heavy atom. The number of halogens is 2. The molecule has 25 heavy (non-hydrogen) atoms. The zero-order valence-electron chi connectivity index (χ0n) is 13.4. The lowest BCUT2D eigenvalue weighted by molar-refractivity contribution is -0.116. The Hall–Kier alpha value is -3.09. The maximum absolute atomic E-state index is 13.5. The third-order valence-electron chi connectivity index (χ3n) is 3.56. The molecule has 0 saturated carbocycles. The van der Waals surface area contributed by atoms with Crippen LogP contribution in [0.3, 0.4) is 0 Å². The predicted molar refractivity (Wildman–Crippen MR) is 87.8 cm³/mol. The topological polar surface area (TPSA) is 68.0 Å². The van der Waals surface area contributed by atoms with E-state index in [1.54, 1.807) is 0 Å². The molecule has 7 heteroatoms. The predicted octanol–water partition coefficient (Wildman–Crippen LogP) is 3.89. The maximum Gasteiger partial charge on any atom is 0.247 e. The minimum absolute atomic E-state index is 0.0384. The highest BCUT2D eigenvalue weighted by Gasteiger charge is 2.14. The molecule has 0 atom stereocenters. The molecular weight excluding hydrogens is 328 g/mol. The van der Waals surface area contributed by atoms with Crippen molar-refractivity contribution < 1.29 is 18.0 Å². The van der Waals surface area contributed by atoms with E-state index in [1.165, 1.54) is 6.07 Å². The second kappa shape index (κ2) is 7.21. The number of benzene rings is 2. The van der Waals surface area contributed by atoms with E-state index in [-0.39, 0.29) is 18.7 Å². The summed E-state index contributed by atoms with van der Waals surface area (Å²) < 4.78 is 32.5. The average Bonchev–Trinajstić information content (AvgIpc) is 3.06. The number of aryl methyl sites for hydroxylation is 2. The zero-order valence-corrected chi connectivity index (χ0v) is 13.4. The molecule has 128 valence electrons. The Morgan fingerprint density at radius 3 is 2.44 bits per heavy atom. The highest BCUT2D eigenvalue weighted by Crippen LogP contribution is 2.20. The van der Waals surface area contributed by atoms with Crippen molar-refractivity contribution in [3.05, 3.63) is 65.6 Å². The van der Waals surface area contributed by atoms with Gasteiger partial charge in [0.1, 0.15) is 17.3 Å². The highest BCUT2D eigenvalue weighted by atomic mass is 19.1. The van der Waals surface area contributed by atoms with E-state index in [0.717, 1.165) is 23.3 Å².